The Morgan fingerprint density at radius 3 is 2.85 bits per heavy atom. The van der Waals surface area contributed by atoms with Gasteiger partial charge in [0.15, 0.2) is 0 Å². The Balaban J connectivity index is 2.20. The summed E-state index contributed by atoms with van der Waals surface area (Å²) in [6, 6.07) is 6.98. The van der Waals surface area contributed by atoms with E-state index in [4.69, 9.17) is 4.74 Å². The van der Waals surface area contributed by atoms with E-state index in [1.165, 1.54) is 11.1 Å². The standard InChI is InChI=1S/C17H27NOS/c1-5-18-15(12-20-17(2,3)4)14-10-6-8-13-9-7-11-19-16(13)14/h6,8,10,15,18H,5,7,9,11-12H2,1-4H3. The van der Waals surface area contributed by atoms with E-state index in [1.807, 2.05) is 11.8 Å². The summed E-state index contributed by atoms with van der Waals surface area (Å²) < 4.78 is 6.26. The Bertz CT molecular complexity index is 439. The Morgan fingerprint density at radius 1 is 1.35 bits per heavy atom. The highest BCUT2D eigenvalue weighted by Crippen LogP contribution is 2.36. The first-order valence-corrected chi connectivity index (χ1v) is 8.62. The monoisotopic (exact) mass is 293 g/mol. The molecule has 0 fully saturated rings. The van der Waals surface area contributed by atoms with Gasteiger partial charge in [-0.25, -0.2) is 0 Å². The maximum atomic E-state index is 5.96. The molecule has 1 aromatic rings. The van der Waals surface area contributed by atoms with Crippen LogP contribution in [0.4, 0.5) is 0 Å². The number of benzene rings is 1. The minimum absolute atomic E-state index is 0.295. The molecule has 1 aliphatic rings. The Labute approximate surface area is 127 Å². The predicted molar refractivity (Wildman–Crippen MR) is 88.9 cm³/mol. The van der Waals surface area contributed by atoms with Gasteiger partial charge in [0, 0.05) is 22.1 Å². The predicted octanol–water partition coefficient (Wildman–Crippen LogP) is 4.19. The Kier molecular flexibility index (Phi) is 5.39. The minimum Gasteiger partial charge on any atom is -0.493 e. The molecule has 1 heterocycles. The number of hydrogen-bond donors (Lipinski definition) is 1. The van der Waals surface area contributed by atoms with E-state index in [2.05, 4.69) is 51.2 Å². The number of aryl methyl sites for hydroxylation is 1. The van der Waals surface area contributed by atoms with Gasteiger partial charge >= 0.3 is 0 Å². The first-order chi connectivity index (χ1) is 9.51. The lowest BCUT2D eigenvalue weighted by molar-refractivity contribution is 0.282. The smallest absolute Gasteiger partial charge is 0.127 e. The van der Waals surface area contributed by atoms with Crippen molar-refractivity contribution in [1.29, 1.82) is 0 Å². The van der Waals surface area contributed by atoms with Gasteiger partial charge in [0.2, 0.25) is 0 Å². The Hall–Kier alpha value is -0.670. The van der Waals surface area contributed by atoms with Crippen molar-refractivity contribution < 1.29 is 4.74 Å². The molecule has 0 saturated heterocycles. The second kappa shape index (κ2) is 6.86. The van der Waals surface area contributed by atoms with Gasteiger partial charge in [-0.3, -0.25) is 0 Å². The van der Waals surface area contributed by atoms with Crippen LogP contribution in [-0.4, -0.2) is 23.7 Å². The van der Waals surface area contributed by atoms with Crippen LogP contribution in [0.2, 0.25) is 0 Å². The zero-order valence-corrected chi connectivity index (χ0v) is 14.0. The fourth-order valence-corrected chi connectivity index (χ4v) is 3.49. The van der Waals surface area contributed by atoms with Gasteiger partial charge in [-0.05, 0) is 24.9 Å². The lowest BCUT2D eigenvalue weighted by Gasteiger charge is -2.27. The van der Waals surface area contributed by atoms with Crippen molar-refractivity contribution in [3.8, 4) is 5.75 Å². The molecule has 0 radical (unpaired) electrons. The third-order valence-corrected chi connectivity index (χ3v) is 4.84. The van der Waals surface area contributed by atoms with Crippen LogP contribution >= 0.6 is 11.8 Å². The number of ether oxygens (including phenoxy) is 1. The highest BCUT2D eigenvalue weighted by molar-refractivity contribution is 8.00. The van der Waals surface area contributed by atoms with Crippen LogP contribution in [0.25, 0.3) is 0 Å². The fourth-order valence-electron chi connectivity index (χ4n) is 2.53. The molecule has 1 atom stereocenters. The molecule has 3 heteroatoms. The quantitative estimate of drug-likeness (QED) is 0.879. The molecule has 0 saturated carbocycles. The molecule has 0 aromatic heterocycles. The van der Waals surface area contributed by atoms with Crippen LogP contribution in [0, 0.1) is 0 Å². The molecule has 1 aliphatic heterocycles. The van der Waals surface area contributed by atoms with Gasteiger partial charge in [0.1, 0.15) is 5.75 Å². The van der Waals surface area contributed by atoms with Crippen LogP contribution in [0.3, 0.4) is 0 Å². The minimum atomic E-state index is 0.295. The van der Waals surface area contributed by atoms with Gasteiger partial charge in [-0.2, -0.15) is 11.8 Å². The molecule has 1 aromatic carbocycles. The SMILES string of the molecule is CCNC(CSC(C)(C)C)c1cccc2c1OCCC2. The van der Waals surface area contributed by atoms with E-state index in [0.29, 0.717) is 10.8 Å². The van der Waals surface area contributed by atoms with Crippen molar-refractivity contribution in [1.82, 2.24) is 5.32 Å². The summed E-state index contributed by atoms with van der Waals surface area (Å²) in [6.45, 7) is 10.8. The zero-order chi connectivity index (χ0) is 14.6. The number of fused-ring (bicyclic) bond motifs is 1. The lowest BCUT2D eigenvalue weighted by Crippen LogP contribution is -2.26. The van der Waals surface area contributed by atoms with E-state index in [1.54, 1.807) is 0 Å². The first kappa shape index (κ1) is 15.7. The second-order valence-corrected chi connectivity index (χ2v) is 8.17. The van der Waals surface area contributed by atoms with Gasteiger partial charge in [-0.1, -0.05) is 45.9 Å². The van der Waals surface area contributed by atoms with E-state index >= 15 is 0 Å². The highest BCUT2D eigenvalue weighted by Gasteiger charge is 2.22. The summed E-state index contributed by atoms with van der Waals surface area (Å²) in [5, 5.41) is 3.62. The molecule has 0 bridgehead atoms. The van der Waals surface area contributed by atoms with Gasteiger partial charge in [-0.15, -0.1) is 0 Å². The summed E-state index contributed by atoms with van der Waals surface area (Å²) in [4.78, 5) is 0. The third kappa shape index (κ3) is 4.16. The van der Waals surface area contributed by atoms with E-state index < -0.39 is 0 Å². The fraction of sp³-hybridized carbons (Fsp3) is 0.647. The topological polar surface area (TPSA) is 21.3 Å². The van der Waals surface area contributed by atoms with Gasteiger partial charge < -0.3 is 10.1 Å². The van der Waals surface area contributed by atoms with Crippen LogP contribution in [0.5, 0.6) is 5.75 Å². The lowest BCUT2D eigenvalue weighted by atomic mass is 9.98. The van der Waals surface area contributed by atoms with Crippen LogP contribution < -0.4 is 10.1 Å². The van der Waals surface area contributed by atoms with Crippen molar-refractivity contribution in [2.75, 3.05) is 18.9 Å². The van der Waals surface area contributed by atoms with Crippen molar-refractivity contribution in [3.05, 3.63) is 29.3 Å². The molecule has 112 valence electrons. The average Bonchev–Trinajstić information content (AvgIpc) is 2.42. The largest absolute Gasteiger partial charge is 0.493 e. The van der Waals surface area contributed by atoms with Crippen LogP contribution in [0.15, 0.2) is 18.2 Å². The number of nitrogens with one attached hydrogen (secondary N) is 1. The number of hydrogen-bond acceptors (Lipinski definition) is 3. The second-order valence-electron chi connectivity index (χ2n) is 6.32. The van der Waals surface area contributed by atoms with Crippen molar-refractivity contribution >= 4 is 11.8 Å². The molecule has 1 N–H and O–H groups in total. The third-order valence-electron chi connectivity index (χ3n) is 3.47. The maximum absolute atomic E-state index is 5.96. The van der Waals surface area contributed by atoms with E-state index in [0.717, 1.165) is 37.5 Å². The van der Waals surface area contributed by atoms with E-state index in [-0.39, 0.29) is 0 Å². The van der Waals surface area contributed by atoms with Crippen LogP contribution in [-0.2, 0) is 6.42 Å². The summed E-state index contributed by atoms with van der Waals surface area (Å²) in [6.07, 6.45) is 2.29. The molecule has 0 aliphatic carbocycles. The highest BCUT2D eigenvalue weighted by atomic mass is 32.2. The van der Waals surface area contributed by atoms with Gasteiger partial charge in [0.25, 0.3) is 0 Å². The van der Waals surface area contributed by atoms with Crippen molar-refractivity contribution in [3.63, 3.8) is 0 Å². The molecule has 20 heavy (non-hydrogen) atoms. The molecule has 2 nitrogen and oxygen atoms in total. The number of para-hydroxylation sites is 1. The van der Waals surface area contributed by atoms with Crippen molar-refractivity contribution in [2.45, 2.75) is 51.3 Å². The number of rotatable bonds is 5. The molecule has 2 rings (SSSR count). The maximum Gasteiger partial charge on any atom is 0.127 e. The Morgan fingerprint density at radius 2 is 2.15 bits per heavy atom. The molecular formula is C17H27NOS. The van der Waals surface area contributed by atoms with Crippen molar-refractivity contribution in [2.24, 2.45) is 0 Å². The van der Waals surface area contributed by atoms with E-state index in [9.17, 15) is 0 Å². The molecular weight excluding hydrogens is 266 g/mol. The molecule has 0 spiro atoms. The normalized spacial score (nSPS) is 16.4. The summed E-state index contributed by atoms with van der Waals surface area (Å²) in [5.74, 6) is 2.22. The van der Waals surface area contributed by atoms with Gasteiger partial charge in [0.05, 0.1) is 6.61 Å². The summed E-state index contributed by atoms with van der Waals surface area (Å²) in [7, 11) is 0. The zero-order valence-electron chi connectivity index (χ0n) is 13.2. The summed E-state index contributed by atoms with van der Waals surface area (Å²) >= 11 is 2.01. The number of thioether (sulfide) groups is 1. The first-order valence-electron chi connectivity index (χ1n) is 7.63. The molecule has 0 amide bonds. The summed E-state index contributed by atoms with van der Waals surface area (Å²) in [5.41, 5.74) is 2.71. The molecule has 1 unspecified atom stereocenters. The average molecular weight is 293 g/mol. The van der Waals surface area contributed by atoms with Crippen LogP contribution in [0.1, 0.15) is 51.3 Å².